The summed E-state index contributed by atoms with van der Waals surface area (Å²) in [5, 5.41) is 0.707. The van der Waals surface area contributed by atoms with E-state index < -0.39 is 0 Å². The van der Waals surface area contributed by atoms with Crippen molar-refractivity contribution in [3.8, 4) is 29.2 Å². The van der Waals surface area contributed by atoms with Gasteiger partial charge in [-0.3, -0.25) is 0 Å². The number of nitrogens with zero attached hydrogens (tertiary/aromatic N) is 3. The van der Waals surface area contributed by atoms with Crippen molar-refractivity contribution >= 4 is 54.7 Å². The highest BCUT2D eigenvalue weighted by atomic mass is 79.9. The summed E-state index contributed by atoms with van der Waals surface area (Å²) in [4.78, 5) is 12.6. The van der Waals surface area contributed by atoms with Gasteiger partial charge in [-0.1, -0.05) is 15.9 Å². The van der Waals surface area contributed by atoms with Gasteiger partial charge in [0.25, 0.3) is 0 Å². The predicted octanol–water partition coefficient (Wildman–Crippen LogP) is 4.86. The second kappa shape index (κ2) is 53.6. The Morgan fingerprint density at radius 1 is 0.395 bits per heavy atom. The van der Waals surface area contributed by atoms with Crippen LogP contribution in [0.25, 0.3) is 22.2 Å². The minimum absolute atomic E-state index is 0.131. The molecule has 26 heteroatoms. The molecule has 3 aromatic rings. The Morgan fingerprint density at radius 3 is 1.02 bits per heavy atom. The molecule has 462 valence electrons. The molecule has 1 aromatic carbocycles. The molecule has 0 amide bonds. The number of hydrogen-bond donors (Lipinski definition) is 2. The Balaban J connectivity index is 0.907. The monoisotopic (exact) mass is 1280 g/mol. The van der Waals surface area contributed by atoms with Crippen molar-refractivity contribution in [2.24, 2.45) is 0 Å². The number of terminal acetylenes is 1. The molecule has 4 N–H and O–H groups in total. The van der Waals surface area contributed by atoms with Crippen LogP contribution in [0, 0.1) is 12.3 Å². The molecular formula is C55H89Br2N5O19. The molecule has 3 rings (SSSR count). The van der Waals surface area contributed by atoms with Gasteiger partial charge in [-0.25, -0.2) is 9.97 Å². The van der Waals surface area contributed by atoms with Crippen molar-refractivity contribution in [1.29, 1.82) is 0 Å². The molecule has 24 nitrogen and oxygen atoms in total. The van der Waals surface area contributed by atoms with E-state index >= 15 is 0 Å². The smallest absolute Gasteiger partial charge is 0.222 e. The van der Waals surface area contributed by atoms with E-state index in [-0.39, 0.29) is 5.95 Å². The van der Waals surface area contributed by atoms with Crippen molar-refractivity contribution in [3.05, 3.63) is 33.3 Å². The zero-order chi connectivity index (χ0) is 57.6. The molecule has 81 heavy (non-hydrogen) atoms. The van der Waals surface area contributed by atoms with E-state index in [1.54, 1.807) is 6.20 Å². The van der Waals surface area contributed by atoms with E-state index in [0.717, 1.165) is 40.4 Å². The number of unbranched alkanes of at least 4 members (excludes halogenated alkanes) is 2. The minimum atomic E-state index is 0.131. The SMILES string of the molecule is C#CCCCCOCCOCCOCCOCCOCCOCCOCCOCCOCCOCCOCCOCCOCCOCCOCCOCCOCCOCCOc1ccc(Br)c(-c2cc3cnc(N)nc3nc2N)c1Br. The molecule has 0 aliphatic rings. The van der Waals surface area contributed by atoms with Gasteiger partial charge in [-0.05, 0) is 47.0 Å². The minimum Gasteiger partial charge on any atom is -0.490 e. The third kappa shape index (κ3) is 40.0. The van der Waals surface area contributed by atoms with Crippen molar-refractivity contribution in [3.63, 3.8) is 0 Å². The van der Waals surface area contributed by atoms with Crippen LogP contribution < -0.4 is 16.2 Å². The number of anilines is 2. The van der Waals surface area contributed by atoms with Gasteiger partial charge in [0, 0.05) is 40.2 Å². The molecule has 0 saturated carbocycles. The Bertz CT molecular complexity index is 1990. The molecule has 0 aliphatic carbocycles. The van der Waals surface area contributed by atoms with E-state index in [4.69, 9.17) is 108 Å². The maximum Gasteiger partial charge on any atom is 0.222 e. The zero-order valence-corrected chi connectivity index (χ0v) is 50.4. The molecule has 0 radical (unpaired) electrons. The van der Waals surface area contributed by atoms with Crippen LogP contribution in [-0.2, 0) is 85.3 Å². The number of aromatic nitrogens is 3. The second-order valence-electron chi connectivity index (χ2n) is 16.8. The molecule has 2 aromatic heterocycles. The Hall–Kier alpha value is -3.09. The van der Waals surface area contributed by atoms with E-state index in [1.807, 2.05) is 18.2 Å². The van der Waals surface area contributed by atoms with E-state index in [2.05, 4.69) is 52.7 Å². The standard InChI is InChI=1S/C55H89Br2N5O19/c1-2-3-4-5-8-63-9-10-64-11-12-65-13-14-66-15-16-67-17-18-68-19-20-69-21-22-70-23-24-71-25-26-72-27-28-73-29-30-74-31-32-75-33-34-76-35-36-77-37-38-78-39-40-79-41-42-80-43-44-81-50-7-6-49(56)51(52(50)57)48-45-47-46-60-55(59)62-54(47)61-53(48)58/h1,6-7,45-46H,3-5,8-44H2,(H4,58,59,60,61,62). The lowest BCUT2D eigenvalue weighted by Gasteiger charge is -2.15. The summed E-state index contributed by atoms with van der Waals surface area (Å²) in [5.74, 6) is 3.68. The summed E-state index contributed by atoms with van der Waals surface area (Å²) in [5.41, 5.74) is 13.9. The Kier molecular flexibility index (Phi) is 47.8. The molecule has 0 bridgehead atoms. The van der Waals surface area contributed by atoms with Crippen LogP contribution in [0.2, 0.25) is 0 Å². The summed E-state index contributed by atoms with van der Waals surface area (Å²) >= 11 is 7.29. The van der Waals surface area contributed by atoms with E-state index in [9.17, 15) is 0 Å². The number of fused-ring (bicyclic) bond motifs is 1. The quantitative estimate of drug-likeness (QED) is 0.0564. The second-order valence-corrected chi connectivity index (χ2v) is 18.5. The first-order valence-electron chi connectivity index (χ1n) is 27.6. The highest BCUT2D eigenvalue weighted by molar-refractivity contribution is 9.11. The fourth-order valence-electron chi connectivity index (χ4n) is 6.56. The summed E-state index contributed by atoms with van der Waals surface area (Å²) in [6.07, 6.45) is 9.61. The van der Waals surface area contributed by atoms with Crippen LogP contribution in [0.3, 0.4) is 0 Å². The first-order valence-corrected chi connectivity index (χ1v) is 29.2. The molecule has 0 aliphatic heterocycles. The van der Waals surface area contributed by atoms with Crippen molar-refractivity contribution in [2.45, 2.75) is 19.3 Å². The van der Waals surface area contributed by atoms with Crippen LogP contribution in [0.15, 0.2) is 33.3 Å². The van der Waals surface area contributed by atoms with Crippen molar-refractivity contribution < 1.29 is 90.0 Å². The highest BCUT2D eigenvalue weighted by Crippen LogP contribution is 2.43. The summed E-state index contributed by atoms with van der Waals surface area (Å²) in [7, 11) is 0. The molecular weight excluding hydrogens is 1190 g/mol. The molecule has 0 spiro atoms. The average Bonchev–Trinajstić information content (AvgIpc) is 3.50. The van der Waals surface area contributed by atoms with Gasteiger partial charge in [0.15, 0.2) is 5.65 Å². The maximum absolute atomic E-state index is 6.30. The van der Waals surface area contributed by atoms with Crippen LogP contribution in [0.1, 0.15) is 19.3 Å². The van der Waals surface area contributed by atoms with E-state index in [1.165, 1.54) is 0 Å². The molecule has 0 unspecified atom stereocenters. The van der Waals surface area contributed by atoms with Crippen LogP contribution in [0.4, 0.5) is 11.8 Å². The van der Waals surface area contributed by atoms with E-state index in [0.29, 0.717) is 266 Å². The third-order valence-electron chi connectivity index (χ3n) is 10.6. The van der Waals surface area contributed by atoms with Gasteiger partial charge in [0.2, 0.25) is 5.95 Å². The molecule has 0 saturated heterocycles. The largest absolute Gasteiger partial charge is 0.490 e. The Morgan fingerprint density at radius 2 is 0.704 bits per heavy atom. The first-order chi connectivity index (χ1) is 40.0. The third-order valence-corrected chi connectivity index (χ3v) is 12.1. The summed E-state index contributed by atoms with van der Waals surface area (Å²) < 4.78 is 107. The number of nitrogen functional groups attached to an aromatic ring is 2. The van der Waals surface area contributed by atoms with Gasteiger partial charge >= 0.3 is 0 Å². The Labute approximate surface area is 495 Å². The lowest BCUT2D eigenvalue weighted by molar-refractivity contribution is -0.0310. The van der Waals surface area contributed by atoms with Gasteiger partial charge in [0.1, 0.15) is 18.2 Å². The summed E-state index contributed by atoms with van der Waals surface area (Å²) in [6.45, 7) is 18.0. The molecule has 2 heterocycles. The summed E-state index contributed by atoms with van der Waals surface area (Å²) in [6, 6.07) is 5.61. The average molecular weight is 1280 g/mol. The lowest BCUT2D eigenvalue weighted by atomic mass is 10.1. The van der Waals surface area contributed by atoms with Crippen LogP contribution in [-0.4, -0.2) is 259 Å². The molecule has 0 atom stereocenters. The number of rotatable bonds is 60. The lowest BCUT2D eigenvalue weighted by Crippen LogP contribution is -2.16. The zero-order valence-electron chi connectivity index (χ0n) is 47.2. The van der Waals surface area contributed by atoms with Gasteiger partial charge in [-0.2, -0.15) is 4.98 Å². The fraction of sp³-hybridized carbons (Fsp3) is 0.727. The van der Waals surface area contributed by atoms with Gasteiger partial charge < -0.3 is 101 Å². The predicted molar refractivity (Wildman–Crippen MR) is 310 cm³/mol. The fourth-order valence-corrected chi connectivity index (χ4v) is 8.05. The number of hydrogen-bond acceptors (Lipinski definition) is 24. The first kappa shape index (κ1) is 72.2. The number of benzene rings is 1. The van der Waals surface area contributed by atoms with Crippen molar-refractivity contribution in [1.82, 2.24) is 15.0 Å². The highest BCUT2D eigenvalue weighted by Gasteiger charge is 2.18. The van der Waals surface area contributed by atoms with Crippen LogP contribution >= 0.6 is 31.9 Å². The van der Waals surface area contributed by atoms with Gasteiger partial charge in [-0.15, -0.1) is 12.3 Å². The number of nitrogens with two attached hydrogens (primary N) is 2. The number of pyridine rings is 1. The van der Waals surface area contributed by atoms with Gasteiger partial charge in [0.05, 0.1) is 236 Å². The van der Waals surface area contributed by atoms with Crippen LogP contribution in [0.5, 0.6) is 5.75 Å². The number of ether oxygens (including phenoxy) is 19. The molecule has 0 fully saturated rings. The topological polar surface area (TPSA) is 266 Å². The maximum atomic E-state index is 6.30. The van der Waals surface area contributed by atoms with Crippen molar-refractivity contribution in [2.75, 3.05) is 256 Å². The normalized spacial score (nSPS) is 11.6. The number of halogens is 2.